The Bertz CT molecular complexity index is 244. The monoisotopic (exact) mass is 231 g/mol. The molecule has 0 spiro atoms. The van der Waals surface area contributed by atoms with Gasteiger partial charge in [-0.05, 0) is 5.92 Å². The van der Waals surface area contributed by atoms with Crippen LogP contribution in [0.2, 0.25) is 0 Å². The first-order chi connectivity index (χ1) is 5.61. The van der Waals surface area contributed by atoms with Gasteiger partial charge in [0.1, 0.15) is 12.2 Å². The van der Waals surface area contributed by atoms with E-state index < -0.39 is 0 Å². The van der Waals surface area contributed by atoms with Gasteiger partial charge in [-0.25, -0.2) is 4.98 Å². The second kappa shape index (κ2) is 4.03. The van der Waals surface area contributed by atoms with Crippen LogP contribution in [0.4, 0.5) is 0 Å². The molecule has 0 aromatic carbocycles. The Morgan fingerprint density at radius 1 is 1.58 bits per heavy atom. The summed E-state index contributed by atoms with van der Waals surface area (Å²) < 4.78 is 1.83. The number of nitrogens with zero attached hydrogens (tertiary/aromatic N) is 3. The Balaban J connectivity index is 2.58. The molecule has 1 heterocycles. The summed E-state index contributed by atoms with van der Waals surface area (Å²) in [5, 5.41) is 4.02. The molecule has 12 heavy (non-hydrogen) atoms. The Kier molecular flexibility index (Phi) is 3.26. The highest BCUT2D eigenvalue weighted by Gasteiger charge is 2.12. The number of aromatic nitrogens is 3. The summed E-state index contributed by atoms with van der Waals surface area (Å²) in [7, 11) is 1.92. The van der Waals surface area contributed by atoms with Gasteiger partial charge in [0.2, 0.25) is 0 Å². The van der Waals surface area contributed by atoms with E-state index in [-0.39, 0.29) is 0 Å². The molecule has 0 fully saturated rings. The van der Waals surface area contributed by atoms with Crippen LogP contribution in [0.15, 0.2) is 6.33 Å². The molecule has 68 valence electrons. The average Bonchev–Trinajstić information content (AvgIpc) is 2.36. The smallest absolute Gasteiger partial charge is 0.138 e. The molecular weight excluding hydrogens is 218 g/mol. The molecule has 1 aromatic heterocycles. The van der Waals surface area contributed by atoms with Crippen LogP contribution >= 0.6 is 15.9 Å². The number of aryl methyl sites for hydroxylation is 1. The minimum atomic E-state index is 0.522. The molecule has 0 amide bonds. The predicted octanol–water partition coefficient (Wildman–Crippen LogP) is 1.78. The molecule has 2 atom stereocenters. The van der Waals surface area contributed by atoms with Crippen LogP contribution in [0.3, 0.4) is 0 Å². The number of rotatable bonds is 3. The Morgan fingerprint density at radius 2 is 2.25 bits per heavy atom. The predicted molar refractivity (Wildman–Crippen MR) is 52.3 cm³/mol. The summed E-state index contributed by atoms with van der Waals surface area (Å²) in [5.74, 6) is 1.64. The maximum absolute atomic E-state index is 4.17. The van der Waals surface area contributed by atoms with Gasteiger partial charge in [-0.2, -0.15) is 5.10 Å². The van der Waals surface area contributed by atoms with Crippen LogP contribution in [-0.2, 0) is 13.5 Å². The molecule has 0 aliphatic heterocycles. The highest BCUT2D eigenvalue weighted by molar-refractivity contribution is 9.09. The normalized spacial score (nSPS) is 16.0. The lowest BCUT2D eigenvalue weighted by Gasteiger charge is -2.12. The van der Waals surface area contributed by atoms with Gasteiger partial charge in [-0.15, -0.1) is 0 Å². The molecule has 0 saturated heterocycles. The van der Waals surface area contributed by atoms with Crippen molar-refractivity contribution in [1.82, 2.24) is 14.8 Å². The fourth-order valence-corrected chi connectivity index (χ4v) is 1.14. The summed E-state index contributed by atoms with van der Waals surface area (Å²) in [5.41, 5.74) is 0. The van der Waals surface area contributed by atoms with Crippen LogP contribution in [-0.4, -0.2) is 19.6 Å². The third kappa shape index (κ3) is 2.30. The molecule has 2 unspecified atom stereocenters. The lowest BCUT2D eigenvalue weighted by atomic mass is 10.1. The minimum absolute atomic E-state index is 0.522. The maximum atomic E-state index is 4.17. The quantitative estimate of drug-likeness (QED) is 0.743. The SMILES string of the molecule is CC(Br)C(C)Cc1ncnn1C. The van der Waals surface area contributed by atoms with E-state index in [0.717, 1.165) is 12.2 Å². The van der Waals surface area contributed by atoms with Gasteiger partial charge < -0.3 is 0 Å². The van der Waals surface area contributed by atoms with Crippen molar-refractivity contribution in [2.24, 2.45) is 13.0 Å². The van der Waals surface area contributed by atoms with E-state index in [2.05, 4.69) is 39.9 Å². The molecule has 0 saturated carbocycles. The minimum Gasteiger partial charge on any atom is -0.253 e. The first-order valence-electron chi connectivity index (χ1n) is 4.08. The van der Waals surface area contributed by atoms with Crippen molar-refractivity contribution >= 4 is 15.9 Å². The molecule has 1 aromatic rings. The molecule has 1 rings (SSSR count). The van der Waals surface area contributed by atoms with Gasteiger partial charge in [-0.3, -0.25) is 4.68 Å². The van der Waals surface area contributed by atoms with Gasteiger partial charge >= 0.3 is 0 Å². The zero-order chi connectivity index (χ0) is 9.14. The topological polar surface area (TPSA) is 30.7 Å². The van der Waals surface area contributed by atoms with Crippen molar-refractivity contribution in [2.75, 3.05) is 0 Å². The van der Waals surface area contributed by atoms with Crippen LogP contribution < -0.4 is 0 Å². The first kappa shape index (κ1) is 9.71. The van der Waals surface area contributed by atoms with Gasteiger partial charge in [0.25, 0.3) is 0 Å². The Labute approximate surface area is 81.3 Å². The van der Waals surface area contributed by atoms with Crippen molar-refractivity contribution in [3.05, 3.63) is 12.2 Å². The lowest BCUT2D eigenvalue weighted by Crippen LogP contribution is -2.13. The van der Waals surface area contributed by atoms with E-state index in [1.807, 2.05) is 11.7 Å². The van der Waals surface area contributed by atoms with Crippen molar-refractivity contribution in [2.45, 2.75) is 25.1 Å². The molecule has 0 N–H and O–H groups in total. The summed E-state index contributed by atoms with van der Waals surface area (Å²) in [6.45, 7) is 4.36. The highest BCUT2D eigenvalue weighted by atomic mass is 79.9. The highest BCUT2D eigenvalue weighted by Crippen LogP contribution is 2.15. The van der Waals surface area contributed by atoms with E-state index in [4.69, 9.17) is 0 Å². The molecule has 0 aliphatic carbocycles. The van der Waals surface area contributed by atoms with E-state index in [1.54, 1.807) is 6.33 Å². The second-order valence-electron chi connectivity index (χ2n) is 3.16. The van der Waals surface area contributed by atoms with Crippen LogP contribution in [0.25, 0.3) is 0 Å². The Morgan fingerprint density at radius 3 is 2.67 bits per heavy atom. The largest absolute Gasteiger partial charge is 0.253 e. The van der Waals surface area contributed by atoms with Gasteiger partial charge in [0, 0.05) is 18.3 Å². The molecule has 3 nitrogen and oxygen atoms in total. The molecule has 0 aliphatic rings. The molecule has 0 bridgehead atoms. The van der Waals surface area contributed by atoms with Crippen LogP contribution in [0.5, 0.6) is 0 Å². The summed E-state index contributed by atoms with van der Waals surface area (Å²) in [6.07, 6.45) is 2.57. The lowest BCUT2D eigenvalue weighted by molar-refractivity contribution is 0.540. The zero-order valence-corrected chi connectivity index (χ0v) is 9.24. The van der Waals surface area contributed by atoms with Crippen molar-refractivity contribution in [3.8, 4) is 0 Å². The van der Waals surface area contributed by atoms with Crippen molar-refractivity contribution in [3.63, 3.8) is 0 Å². The zero-order valence-electron chi connectivity index (χ0n) is 7.66. The van der Waals surface area contributed by atoms with Gasteiger partial charge in [0.05, 0.1) is 0 Å². The van der Waals surface area contributed by atoms with Crippen molar-refractivity contribution < 1.29 is 0 Å². The number of hydrogen-bond donors (Lipinski definition) is 0. The van der Waals surface area contributed by atoms with Crippen LogP contribution in [0.1, 0.15) is 19.7 Å². The van der Waals surface area contributed by atoms with E-state index in [1.165, 1.54) is 0 Å². The van der Waals surface area contributed by atoms with E-state index >= 15 is 0 Å². The Hall–Kier alpha value is -0.380. The fourth-order valence-electron chi connectivity index (χ4n) is 0.955. The van der Waals surface area contributed by atoms with E-state index in [9.17, 15) is 0 Å². The second-order valence-corrected chi connectivity index (χ2v) is 4.60. The third-order valence-corrected chi connectivity index (χ3v) is 3.00. The number of alkyl halides is 1. The van der Waals surface area contributed by atoms with Crippen molar-refractivity contribution in [1.29, 1.82) is 0 Å². The third-order valence-electron chi connectivity index (χ3n) is 2.09. The average molecular weight is 232 g/mol. The van der Waals surface area contributed by atoms with Gasteiger partial charge in [-0.1, -0.05) is 29.8 Å². The number of halogens is 1. The van der Waals surface area contributed by atoms with Crippen LogP contribution in [0, 0.1) is 5.92 Å². The van der Waals surface area contributed by atoms with E-state index in [0.29, 0.717) is 10.7 Å². The number of hydrogen-bond acceptors (Lipinski definition) is 2. The molecule has 0 radical (unpaired) electrons. The summed E-state index contributed by atoms with van der Waals surface area (Å²) in [6, 6.07) is 0. The maximum Gasteiger partial charge on any atom is 0.138 e. The standard InChI is InChI=1S/C8H14BrN3/c1-6(7(2)9)4-8-10-5-11-12(8)3/h5-7H,4H2,1-3H3. The first-order valence-corrected chi connectivity index (χ1v) is 4.99. The molecular formula is C8H14BrN3. The fraction of sp³-hybridized carbons (Fsp3) is 0.750. The van der Waals surface area contributed by atoms with Gasteiger partial charge in [0.15, 0.2) is 0 Å². The molecule has 4 heteroatoms. The summed E-state index contributed by atoms with van der Waals surface area (Å²) >= 11 is 3.55. The summed E-state index contributed by atoms with van der Waals surface area (Å²) in [4.78, 5) is 4.69.